The molecule has 0 aliphatic heterocycles. The largest absolute Gasteiger partial charge is 0.496 e. The summed E-state index contributed by atoms with van der Waals surface area (Å²) in [6.07, 6.45) is 1.99. The maximum absolute atomic E-state index is 5.51. The Balaban J connectivity index is 2.30. The normalized spacial score (nSPS) is 10.6. The molecule has 0 fully saturated rings. The first-order valence-corrected chi connectivity index (χ1v) is 6.56. The number of hydrogen-bond acceptors (Lipinski definition) is 3. The predicted molar refractivity (Wildman–Crippen MR) is 81.8 cm³/mol. The number of ether oxygens (including phenoxy) is 3. The zero-order valence-corrected chi connectivity index (χ0v) is 12.2. The van der Waals surface area contributed by atoms with Gasteiger partial charge in [0.2, 0.25) is 0 Å². The van der Waals surface area contributed by atoms with Gasteiger partial charge in [0.15, 0.2) is 0 Å². The second-order valence-electron chi connectivity index (χ2n) is 4.55. The Kier molecular flexibility index (Phi) is 3.44. The molecule has 4 heteroatoms. The molecule has 0 amide bonds. The van der Waals surface area contributed by atoms with Crippen molar-refractivity contribution in [3.8, 4) is 22.9 Å². The van der Waals surface area contributed by atoms with Gasteiger partial charge in [-0.05, 0) is 24.3 Å². The van der Waals surface area contributed by atoms with E-state index in [0.29, 0.717) is 17.2 Å². The van der Waals surface area contributed by atoms with Crippen molar-refractivity contribution >= 4 is 10.9 Å². The zero-order chi connectivity index (χ0) is 14.8. The molecule has 4 nitrogen and oxygen atoms in total. The van der Waals surface area contributed by atoms with Crippen LogP contribution >= 0.6 is 0 Å². The Morgan fingerprint density at radius 2 is 1.67 bits per heavy atom. The Morgan fingerprint density at radius 3 is 2.29 bits per heavy atom. The summed E-state index contributed by atoms with van der Waals surface area (Å²) in [5.41, 5.74) is 1.91. The van der Waals surface area contributed by atoms with Gasteiger partial charge in [-0.2, -0.15) is 0 Å². The summed E-state index contributed by atoms with van der Waals surface area (Å²) >= 11 is 0. The van der Waals surface area contributed by atoms with Gasteiger partial charge >= 0.3 is 0 Å². The monoisotopic (exact) mass is 282 g/mol. The molecule has 0 N–H and O–H groups in total. The lowest BCUT2D eigenvalue weighted by molar-refractivity contribution is 0.373. The summed E-state index contributed by atoms with van der Waals surface area (Å²) in [6, 6.07) is 14.7. The number of methoxy groups -OCH3 is 3. The fourth-order valence-corrected chi connectivity index (χ4v) is 2.44. The standard InChI is InChI=1S/C17H16NO3/c1-19-13-10-15(20-2)17(16(11-13)21-3)18-9-8-12-6-4-5-7-14(12)18/h5-11H,1-3H3. The molecule has 107 valence electrons. The quantitative estimate of drug-likeness (QED) is 0.734. The summed E-state index contributed by atoms with van der Waals surface area (Å²) in [4.78, 5) is 0. The Morgan fingerprint density at radius 1 is 0.952 bits per heavy atom. The molecule has 2 aromatic carbocycles. The number of fused-ring (bicyclic) bond motifs is 1. The highest BCUT2D eigenvalue weighted by Gasteiger charge is 2.16. The van der Waals surface area contributed by atoms with E-state index in [1.807, 2.05) is 47.2 Å². The van der Waals surface area contributed by atoms with Crippen LogP contribution in [-0.2, 0) is 0 Å². The van der Waals surface area contributed by atoms with Crippen molar-refractivity contribution in [1.82, 2.24) is 4.57 Å². The van der Waals surface area contributed by atoms with Crippen LogP contribution in [0.1, 0.15) is 0 Å². The lowest BCUT2D eigenvalue weighted by Crippen LogP contribution is -2.01. The van der Waals surface area contributed by atoms with Gasteiger partial charge < -0.3 is 18.8 Å². The van der Waals surface area contributed by atoms with E-state index in [9.17, 15) is 0 Å². The Labute approximate surface area is 123 Å². The lowest BCUT2D eigenvalue weighted by Gasteiger charge is -2.16. The lowest BCUT2D eigenvalue weighted by atomic mass is 10.2. The molecule has 0 bridgehead atoms. The van der Waals surface area contributed by atoms with Crippen LogP contribution in [0.15, 0.2) is 42.6 Å². The smallest absolute Gasteiger partial charge is 0.150 e. The molecule has 0 saturated heterocycles. The third kappa shape index (κ3) is 2.18. The average molecular weight is 282 g/mol. The summed E-state index contributed by atoms with van der Waals surface area (Å²) in [6.45, 7) is 0. The first-order chi connectivity index (χ1) is 10.3. The van der Waals surface area contributed by atoms with Crippen molar-refractivity contribution in [2.24, 2.45) is 0 Å². The van der Waals surface area contributed by atoms with Gasteiger partial charge in [-0.3, -0.25) is 0 Å². The number of aromatic nitrogens is 1. The third-order valence-electron chi connectivity index (χ3n) is 3.46. The minimum Gasteiger partial charge on any atom is -0.496 e. The molecule has 0 saturated carbocycles. The maximum Gasteiger partial charge on any atom is 0.150 e. The van der Waals surface area contributed by atoms with Crippen LogP contribution in [0.5, 0.6) is 17.2 Å². The highest BCUT2D eigenvalue weighted by molar-refractivity contribution is 5.83. The number of rotatable bonds is 4. The van der Waals surface area contributed by atoms with E-state index in [-0.39, 0.29) is 0 Å². The molecule has 1 aromatic heterocycles. The summed E-state index contributed by atoms with van der Waals surface area (Å²) in [5.74, 6) is 2.07. The van der Waals surface area contributed by atoms with Gasteiger partial charge in [0, 0.05) is 23.7 Å². The van der Waals surface area contributed by atoms with Crippen LogP contribution in [0.25, 0.3) is 16.6 Å². The fourth-order valence-electron chi connectivity index (χ4n) is 2.44. The maximum atomic E-state index is 5.51. The van der Waals surface area contributed by atoms with Crippen LogP contribution in [0.2, 0.25) is 0 Å². The molecular formula is C17H16NO3. The van der Waals surface area contributed by atoms with Crippen molar-refractivity contribution in [3.05, 3.63) is 48.7 Å². The van der Waals surface area contributed by atoms with Gasteiger partial charge in [-0.1, -0.05) is 6.07 Å². The van der Waals surface area contributed by atoms with Crippen molar-refractivity contribution in [3.63, 3.8) is 0 Å². The molecule has 1 radical (unpaired) electrons. The van der Waals surface area contributed by atoms with E-state index < -0.39 is 0 Å². The topological polar surface area (TPSA) is 32.6 Å². The number of nitrogens with zero attached hydrogens (tertiary/aromatic N) is 1. The van der Waals surface area contributed by atoms with Crippen LogP contribution in [0, 0.1) is 6.07 Å². The van der Waals surface area contributed by atoms with Crippen LogP contribution < -0.4 is 14.2 Å². The minimum atomic E-state index is 0.691. The van der Waals surface area contributed by atoms with Gasteiger partial charge in [-0.15, -0.1) is 0 Å². The molecule has 0 atom stereocenters. The Bertz CT molecular complexity index is 752. The van der Waals surface area contributed by atoms with Crippen LogP contribution in [-0.4, -0.2) is 25.9 Å². The fraction of sp³-hybridized carbons (Fsp3) is 0.176. The second-order valence-corrected chi connectivity index (χ2v) is 4.55. The molecule has 0 spiro atoms. The van der Waals surface area contributed by atoms with E-state index >= 15 is 0 Å². The van der Waals surface area contributed by atoms with Crippen molar-refractivity contribution in [2.75, 3.05) is 21.3 Å². The van der Waals surface area contributed by atoms with Gasteiger partial charge in [0.1, 0.15) is 22.9 Å². The first-order valence-electron chi connectivity index (χ1n) is 6.56. The Hall–Kier alpha value is -2.62. The van der Waals surface area contributed by atoms with Crippen molar-refractivity contribution in [2.45, 2.75) is 0 Å². The second kappa shape index (κ2) is 5.40. The van der Waals surface area contributed by atoms with Gasteiger partial charge in [-0.25, -0.2) is 0 Å². The third-order valence-corrected chi connectivity index (χ3v) is 3.46. The number of benzene rings is 2. The zero-order valence-electron chi connectivity index (χ0n) is 12.2. The van der Waals surface area contributed by atoms with Crippen molar-refractivity contribution in [1.29, 1.82) is 0 Å². The molecule has 3 aromatic rings. The summed E-state index contributed by atoms with van der Waals surface area (Å²) in [5, 5.41) is 1.11. The SMILES string of the molecule is COc1cc(OC)c(-n2ccc3c[c]ccc32)c(OC)c1. The number of hydrogen-bond donors (Lipinski definition) is 0. The van der Waals surface area contributed by atoms with E-state index in [0.717, 1.165) is 16.6 Å². The molecule has 1 heterocycles. The van der Waals surface area contributed by atoms with Gasteiger partial charge in [0.25, 0.3) is 0 Å². The van der Waals surface area contributed by atoms with E-state index in [2.05, 4.69) is 6.07 Å². The molecular weight excluding hydrogens is 266 g/mol. The highest BCUT2D eigenvalue weighted by Crippen LogP contribution is 2.38. The first kappa shape index (κ1) is 13.4. The van der Waals surface area contributed by atoms with E-state index in [4.69, 9.17) is 14.2 Å². The molecule has 21 heavy (non-hydrogen) atoms. The van der Waals surface area contributed by atoms with E-state index in [1.165, 1.54) is 0 Å². The molecule has 0 unspecified atom stereocenters. The average Bonchev–Trinajstić information content (AvgIpc) is 2.97. The molecule has 3 rings (SSSR count). The predicted octanol–water partition coefficient (Wildman–Crippen LogP) is 3.46. The highest BCUT2D eigenvalue weighted by atomic mass is 16.5. The molecule has 0 aliphatic rings. The van der Waals surface area contributed by atoms with Gasteiger partial charge in [0.05, 0.1) is 26.8 Å². The van der Waals surface area contributed by atoms with Crippen molar-refractivity contribution < 1.29 is 14.2 Å². The molecule has 0 aliphatic carbocycles. The van der Waals surface area contributed by atoms with E-state index in [1.54, 1.807) is 21.3 Å². The van der Waals surface area contributed by atoms with Crippen LogP contribution in [0.4, 0.5) is 0 Å². The minimum absolute atomic E-state index is 0.691. The summed E-state index contributed by atoms with van der Waals surface area (Å²) < 4.78 is 18.4. The van der Waals surface area contributed by atoms with Crippen LogP contribution in [0.3, 0.4) is 0 Å². The summed E-state index contributed by atoms with van der Waals surface area (Å²) in [7, 11) is 4.89.